The molecule has 0 spiro atoms. The van der Waals surface area contributed by atoms with Gasteiger partial charge in [0.15, 0.2) is 4.87 Å². The molecule has 1 atom stereocenters. The van der Waals surface area contributed by atoms with Crippen LogP contribution in [-0.2, 0) is 14.5 Å². The van der Waals surface area contributed by atoms with Crippen LogP contribution in [0.25, 0.3) is 5.70 Å². The van der Waals surface area contributed by atoms with E-state index in [0.29, 0.717) is 17.0 Å². The highest BCUT2D eigenvalue weighted by Crippen LogP contribution is 2.59. The molecule has 2 aliphatic heterocycles. The first-order chi connectivity index (χ1) is 17.1. The number of hydrogen-bond acceptors (Lipinski definition) is 4. The highest BCUT2D eigenvalue weighted by atomic mass is 32.2. The number of aryl methyl sites for hydroxylation is 1. The third-order valence-corrected chi connectivity index (χ3v) is 7.95. The van der Waals surface area contributed by atoms with Crippen LogP contribution in [0.4, 0.5) is 11.4 Å². The van der Waals surface area contributed by atoms with E-state index in [1.165, 1.54) is 11.8 Å². The lowest BCUT2D eigenvalue weighted by atomic mass is 9.93. The lowest BCUT2D eigenvalue weighted by Gasteiger charge is -2.38. The first kappa shape index (κ1) is 21.4. The molecule has 0 saturated carbocycles. The zero-order chi connectivity index (χ0) is 24.0. The molecule has 1 saturated heterocycles. The van der Waals surface area contributed by atoms with Gasteiger partial charge in [-0.3, -0.25) is 14.5 Å². The minimum atomic E-state index is -1.09. The number of hydrogen-bond donors (Lipinski definition) is 1. The Hall–Kier alpha value is -4.09. The van der Waals surface area contributed by atoms with Gasteiger partial charge >= 0.3 is 5.91 Å². The van der Waals surface area contributed by atoms with Crippen molar-refractivity contribution in [3.63, 3.8) is 0 Å². The molecular formula is C30H22N2O2S. The topological polar surface area (TPSA) is 49.4 Å². The normalized spacial score (nSPS) is 19.2. The summed E-state index contributed by atoms with van der Waals surface area (Å²) in [6.07, 6.45) is 0. The maximum absolute atomic E-state index is 14.0. The second kappa shape index (κ2) is 8.29. The van der Waals surface area contributed by atoms with Gasteiger partial charge < -0.3 is 5.32 Å². The molecule has 4 nitrogen and oxygen atoms in total. The van der Waals surface area contributed by atoms with Crippen LogP contribution in [0.3, 0.4) is 0 Å². The van der Waals surface area contributed by atoms with Crippen LogP contribution in [0.15, 0.2) is 120 Å². The molecule has 0 aromatic heterocycles. The molecule has 4 aromatic carbocycles. The standard InChI is InChI=1S/C30H22N2O2S/c1-20-16-18-23(19-17-20)32-29(34)28(33)26-27(21-10-4-2-5-11-21)31-24-14-8-9-15-25(24)35-30(26,32)22-12-6-3-7-13-22/h2-19,31H,1H3. The van der Waals surface area contributed by atoms with Crippen LogP contribution in [0.2, 0.25) is 0 Å². The molecule has 0 aliphatic carbocycles. The predicted molar refractivity (Wildman–Crippen MR) is 141 cm³/mol. The first-order valence-corrected chi connectivity index (χ1v) is 12.3. The number of benzene rings is 4. The Labute approximate surface area is 208 Å². The molecule has 1 fully saturated rings. The SMILES string of the molecule is Cc1ccc(N2C(=O)C(=O)C3=C(c4ccccc4)Nc4ccccc4SC32c2ccccc2)cc1. The smallest absolute Gasteiger partial charge is 0.300 e. The van der Waals surface area contributed by atoms with E-state index >= 15 is 0 Å². The van der Waals surface area contributed by atoms with E-state index in [1.807, 2.05) is 116 Å². The van der Waals surface area contributed by atoms with Gasteiger partial charge in [-0.1, -0.05) is 102 Å². The lowest BCUT2D eigenvalue weighted by molar-refractivity contribution is -0.132. The number of nitrogens with one attached hydrogen (secondary N) is 1. The summed E-state index contributed by atoms with van der Waals surface area (Å²) in [6.45, 7) is 2.01. The van der Waals surface area contributed by atoms with Crippen LogP contribution < -0.4 is 10.2 Å². The van der Waals surface area contributed by atoms with Crippen molar-refractivity contribution >= 4 is 40.5 Å². The third kappa shape index (κ3) is 3.31. The van der Waals surface area contributed by atoms with Crippen molar-refractivity contribution in [2.24, 2.45) is 0 Å². The minimum Gasteiger partial charge on any atom is -0.354 e. The van der Waals surface area contributed by atoms with Gasteiger partial charge in [0, 0.05) is 10.6 Å². The summed E-state index contributed by atoms with van der Waals surface area (Å²) >= 11 is 1.53. The van der Waals surface area contributed by atoms with Crippen molar-refractivity contribution < 1.29 is 9.59 Å². The molecule has 2 aliphatic rings. The maximum atomic E-state index is 14.0. The Morgan fingerprint density at radius 1 is 0.743 bits per heavy atom. The first-order valence-electron chi connectivity index (χ1n) is 11.5. The van der Waals surface area contributed by atoms with Crippen LogP contribution in [0.5, 0.6) is 0 Å². The molecule has 1 amide bonds. The van der Waals surface area contributed by atoms with Gasteiger partial charge in [0.2, 0.25) is 0 Å². The van der Waals surface area contributed by atoms with Gasteiger partial charge in [0.1, 0.15) is 0 Å². The fraction of sp³-hybridized carbons (Fsp3) is 0.0667. The molecule has 5 heteroatoms. The molecule has 0 bridgehead atoms. The van der Waals surface area contributed by atoms with E-state index in [-0.39, 0.29) is 0 Å². The highest BCUT2D eigenvalue weighted by Gasteiger charge is 2.59. The summed E-state index contributed by atoms with van der Waals surface area (Å²) in [5.74, 6) is -1.03. The zero-order valence-electron chi connectivity index (χ0n) is 19.1. The van der Waals surface area contributed by atoms with Gasteiger partial charge in [-0.25, -0.2) is 0 Å². The number of Topliss-reactive ketones (excluding diaryl/α,β-unsaturated/α-hetero) is 1. The molecule has 4 aromatic rings. The summed E-state index contributed by atoms with van der Waals surface area (Å²) in [5, 5.41) is 3.53. The van der Waals surface area contributed by atoms with Gasteiger partial charge in [0.25, 0.3) is 5.78 Å². The number of nitrogens with zero attached hydrogens (tertiary/aromatic N) is 1. The largest absolute Gasteiger partial charge is 0.354 e. The van der Waals surface area contributed by atoms with Crippen LogP contribution in [-0.4, -0.2) is 11.7 Å². The third-order valence-electron chi connectivity index (χ3n) is 6.45. The predicted octanol–water partition coefficient (Wildman–Crippen LogP) is 6.39. The van der Waals surface area contributed by atoms with Crippen molar-refractivity contribution in [2.45, 2.75) is 16.7 Å². The van der Waals surface area contributed by atoms with E-state index in [2.05, 4.69) is 5.32 Å². The maximum Gasteiger partial charge on any atom is 0.300 e. The van der Waals surface area contributed by atoms with Crippen LogP contribution in [0, 0.1) is 6.92 Å². The Kier molecular flexibility index (Phi) is 5.08. The van der Waals surface area contributed by atoms with E-state index in [4.69, 9.17) is 0 Å². The second-order valence-corrected chi connectivity index (χ2v) is 9.89. The number of anilines is 2. The summed E-state index contributed by atoms with van der Waals surface area (Å²) in [4.78, 5) is 29.3. The number of thioether (sulfide) groups is 1. The monoisotopic (exact) mass is 474 g/mol. The average Bonchev–Trinajstić information content (AvgIpc) is 3.02. The van der Waals surface area contributed by atoms with E-state index < -0.39 is 16.6 Å². The van der Waals surface area contributed by atoms with E-state index in [9.17, 15) is 9.59 Å². The Balaban J connectivity index is 1.75. The Morgan fingerprint density at radius 2 is 1.37 bits per heavy atom. The molecule has 1 unspecified atom stereocenters. The number of carbonyl (C=O) groups is 2. The van der Waals surface area contributed by atoms with E-state index in [0.717, 1.165) is 27.3 Å². The average molecular weight is 475 g/mol. The van der Waals surface area contributed by atoms with Crippen molar-refractivity contribution in [3.8, 4) is 0 Å². The number of amides is 1. The lowest BCUT2D eigenvalue weighted by Crippen LogP contribution is -2.42. The number of para-hydroxylation sites is 1. The molecule has 2 heterocycles. The molecule has 1 N–H and O–H groups in total. The van der Waals surface area contributed by atoms with Gasteiger partial charge in [-0.05, 0) is 42.3 Å². The molecule has 6 rings (SSSR count). The summed E-state index contributed by atoms with van der Waals surface area (Å²) in [5.41, 5.74) is 5.49. The Morgan fingerprint density at radius 3 is 2.09 bits per heavy atom. The fourth-order valence-electron chi connectivity index (χ4n) is 4.82. The Bertz CT molecular complexity index is 1480. The molecule has 35 heavy (non-hydrogen) atoms. The zero-order valence-corrected chi connectivity index (χ0v) is 19.9. The van der Waals surface area contributed by atoms with Crippen LogP contribution >= 0.6 is 11.8 Å². The minimum absolute atomic E-state index is 0.446. The summed E-state index contributed by atoms with van der Waals surface area (Å²) in [6, 6.07) is 35.4. The second-order valence-electron chi connectivity index (χ2n) is 8.65. The number of rotatable bonds is 3. The number of fused-ring (bicyclic) bond motifs is 2. The highest BCUT2D eigenvalue weighted by molar-refractivity contribution is 8.01. The summed E-state index contributed by atoms with van der Waals surface area (Å²) < 4.78 is 0. The quantitative estimate of drug-likeness (QED) is 0.350. The van der Waals surface area contributed by atoms with Gasteiger partial charge in [-0.2, -0.15) is 0 Å². The van der Waals surface area contributed by atoms with E-state index in [1.54, 1.807) is 4.90 Å². The molecule has 170 valence electrons. The summed E-state index contributed by atoms with van der Waals surface area (Å²) in [7, 11) is 0. The van der Waals surface area contributed by atoms with Gasteiger partial charge in [0.05, 0.1) is 17.0 Å². The van der Waals surface area contributed by atoms with Crippen LogP contribution in [0.1, 0.15) is 16.7 Å². The van der Waals surface area contributed by atoms with Crippen molar-refractivity contribution in [2.75, 3.05) is 10.2 Å². The van der Waals surface area contributed by atoms with Gasteiger partial charge in [-0.15, -0.1) is 0 Å². The molecule has 0 radical (unpaired) electrons. The fourth-order valence-corrected chi connectivity index (χ4v) is 6.35. The van der Waals surface area contributed by atoms with Crippen molar-refractivity contribution in [1.82, 2.24) is 0 Å². The van der Waals surface area contributed by atoms with Crippen molar-refractivity contribution in [1.29, 1.82) is 0 Å². The molecular weight excluding hydrogens is 452 g/mol. The number of ketones is 1. The van der Waals surface area contributed by atoms with Crippen molar-refractivity contribution in [3.05, 3.63) is 131 Å². The number of carbonyl (C=O) groups excluding carboxylic acids is 2.